The second-order valence-corrected chi connectivity index (χ2v) is 6.56. The quantitative estimate of drug-likeness (QED) is 0.893. The van der Waals surface area contributed by atoms with Gasteiger partial charge >= 0.3 is 0 Å². The largest absolute Gasteiger partial charge is 0.313 e. The molecule has 1 unspecified atom stereocenters. The third kappa shape index (κ3) is 3.56. The first kappa shape index (κ1) is 13.5. The van der Waals surface area contributed by atoms with Crippen molar-refractivity contribution in [2.75, 3.05) is 13.1 Å². The van der Waals surface area contributed by atoms with Crippen molar-refractivity contribution in [1.29, 1.82) is 0 Å². The number of nitrogens with zero attached hydrogens (tertiary/aromatic N) is 1. The van der Waals surface area contributed by atoms with Crippen LogP contribution in [0.5, 0.6) is 0 Å². The normalized spacial score (nSPS) is 23.2. The first-order valence-electron chi connectivity index (χ1n) is 7.14. The van der Waals surface area contributed by atoms with Gasteiger partial charge in [-0.25, -0.2) is 4.39 Å². The van der Waals surface area contributed by atoms with Crippen LogP contribution in [0.3, 0.4) is 0 Å². The van der Waals surface area contributed by atoms with Gasteiger partial charge < -0.3 is 5.32 Å². The average molecular weight is 327 g/mol. The molecule has 0 bridgehead atoms. The van der Waals surface area contributed by atoms with Gasteiger partial charge in [0.2, 0.25) is 0 Å². The predicted octanol–water partition coefficient (Wildman–Crippen LogP) is 3.30. The summed E-state index contributed by atoms with van der Waals surface area (Å²) in [5.41, 5.74) is 1.19. The molecule has 1 aromatic rings. The molecule has 0 radical (unpaired) electrons. The summed E-state index contributed by atoms with van der Waals surface area (Å²) in [6.07, 6.45) is 5.21. The van der Waals surface area contributed by atoms with E-state index in [4.69, 9.17) is 0 Å². The zero-order chi connectivity index (χ0) is 13.2. The van der Waals surface area contributed by atoms with Gasteiger partial charge in [0.05, 0.1) is 4.47 Å². The SMILES string of the molecule is Fc1ccc(CN(CC2CCCN2)C2CC2)cc1Br. The Balaban J connectivity index is 1.64. The summed E-state index contributed by atoms with van der Waals surface area (Å²) in [5.74, 6) is -0.181. The van der Waals surface area contributed by atoms with Crippen molar-refractivity contribution in [2.24, 2.45) is 0 Å². The molecule has 1 saturated carbocycles. The molecule has 0 spiro atoms. The fourth-order valence-corrected chi connectivity index (χ4v) is 3.28. The molecule has 19 heavy (non-hydrogen) atoms. The molecule has 104 valence electrons. The maximum atomic E-state index is 13.3. The molecule has 4 heteroatoms. The molecule has 1 saturated heterocycles. The Bertz CT molecular complexity index is 442. The monoisotopic (exact) mass is 326 g/mol. The van der Waals surface area contributed by atoms with Gasteiger partial charge in [-0.3, -0.25) is 4.90 Å². The van der Waals surface area contributed by atoms with E-state index in [2.05, 4.69) is 26.1 Å². The topological polar surface area (TPSA) is 15.3 Å². The molecular weight excluding hydrogens is 307 g/mol. The average Bonchev–Trinajstić information content (AvgIpc) is 3.12. The minimum Gasteiger partial charge on any atom is -0.313 e. The van der Waals surface area contributed by atoms with Crippen molar-refractivity contribution >= 4 is 15.9 Å². The number of rotatable bonds is 5. The summed E-state index contributed by atoms with van der Waals surface area (Å²) in [4.78, 5) is 2.56. The Hall–Kier alpha value is -0.450. The van der Waals surface area contributed by atoms with Crippen LogP contribution in [0.2, 0.25) is 0 Å². The van der Waals surface area contributed by atoms with Crippen molar-refractivity contribution < 1.29 is 4.39 Å². The zero-order valence-corrected chi connectivity index (χ0v) is 12.6. The lowest BCUT2D eigenvalue weighted by Crippen LogP contribution is -2.38. The van der Waals surface area contributed by atoms with Crippen molar-refractivity contribution in [3.63, 3.8) is 0 Å². The molecule has 3 rings (SSSR count). The number of benzene rings is 1. The van der Waals surface area contributed by atoms with Crippen LogP contribution in [0.4, 0.5) is 4.39 Å². The van der Waals surface area contributed by atoms with Gasteiger partial charge in [0.25, 0.3) is 0 Å². The van der Waals surface area contributed by atoms with Gasteiger partial charge in [-0.05, 0) is 65.9 Å². The maximum Gasteiger partial charge on any atom is 0.137 e. The minimum absolute atomic E-state index is 0.181. The van der Waals surface area contributed by atoms with Crippen molar-refractivity contribution in [1.82, 2.24) is 10.2 Å². The summed E-state index contributed by atoms with van der Waals surface area (Å²) in [7, 11) is 0. The van der Waals surface area contributed by atoms with Crippen molar-refractivity contribution in [3.8, 4) is 0 Å². The van der Waals surface area contributed by atoms with E-state index in [-0.39, 0.29) is 5.82 Å². The van der Waals surface area contributed by atoms with Gasteiger partial charge in [-0.2, -0.15) is 0 Å². The number of nitrogens with one attached hydrogen (secondary N) is 1. The highest BCUT2D eigenvalue weighted by Crippen LogP contribution is 2.29. The summed E-state index contributed by atoms with van der Waals surface area (Å²) >= 11 is 3.27. The third-order valence-corrected chi connectivity index (χ3v) is 4.66. The Kier molecular flexibility index (Phi) is 4.20. The Morgan fingerprint density at radius 2 is 2.16 bits per heavy atom. The van der Waals surface area contributed by atoms with Gasteiger partial charge in [-0.15, -0.1) is 0 Å². The Labute approximate surface area is 122 Å². The third-order valence-electron chi connectivity index (χ3n) is 4.05. The van der Waals surface area contributed by atoms with E-state index in [1.807, 2.05) is 12.1 Å². The first-order chi connectivity index (χ1) is 9.22. The summed E-state index contributed by atoms with van der Waals surface area (Å²) in [6, 6.07) is 6.75. The number of hydrogen-bond donors (Lipinski definition) is 1. The van der Waals surface area contributed by atoms with Crippen LogP contribution in [0.25, 0.3) is 0 Å². The van der Waals surface area contributed by atoms with Crippen LogP contribution in [0.1, 0.15) is 31.2 Å². The van der Waals surface area contributed by atoms with Crippen LogP contribution in [0, 0.1) is 5.82 Å². The van der Waals surface area contributed by atoms with Gasteiger partial charge in [0.15, 0.2) is 0 Å². The highest BCUT2D eigenvalue weighted by atomic mass is 79.9. The van der Waals surface area contributed by atoms with E-state index < -0.39 is 0 Å². The minimum atomic E-state index is -0.181. The molecule has 2 fully saturated rings. The van der Waals surface area contributed by atoms with E-state index in [1.165, 1.54) is 31.2 Å². The number of halogens is 2. The Morgan fingerprint density at radius 3 is 2.79 bits per heavy atom. The lowest BCUT2D eigenvalue weighted by molar-refractivity contribution is 0.231. The maximum absolute atomic E-state index is 13.3. The molecule has 2 nitrogen and oxygen atoms in total. The Morgan fingerprint density at radius 1 is 1.32 bits per heavy atom. The van der Waals surface area contributed by atoms with Crippen LogP contribution in [-0.2, 0) is 6.54 Å². The first-order valence-corrected chi connectivity index (χ1v) is 7.93. The van der Waals surface area contributed by atoms with Gasteiger partial charge in [0.1, 0.15) is 5.82 Å². The summed E-state index contributed by atoms with van der Waals surface area (Å²) < 4.78 is 13.8. The molecule has 1 aliphatic heterocycles. The van der Waals surface area contributed by atoms with Crippen molar-refractivity contribution in [2.45, 2.75) is 44.3 Å². The van der Waals surface area contributed by atoms with E-state index in [9.17, 15) is 4.39 Å². The second kappa shape index (κ2) is 5.90. The van der Waals surface area contributed by atoms with Crippen molar-refractivity contribution in [3.05, 3.63) is 34.1 Å². The lowest BCUT2D eigenvalue weighted by Gasteiger charge is -2.25. The van der Waals surface area contributed by atoms with Crippen LogP contribution >= 0.6 is 15.9 Å². The molecule has 1 aromatic carbocycles. The summed E-state index contributed by atoms with van der Waals surface area (Å²) in [5, 5.41) is 3.57. The lowest BCUT2D eigenvalue weighted by atomic mass is 10.1. The highest BCUT2D eigenvalue weighted by molar-refractivity contribution is 9.10. The van der Waals surface area contributed by atoms with Crippen LogP contribution in [-0.4, -0.2) is 30.1 Å². The summed E-state index contributed by atoms with van der Waals surface area (Å²) in [6.45, 7) is 3.21. The fraction of sp³-hybridized carbons (Fsp3) is 0.600. The molecule has 2 aliphatic rings. The molecule has 1 aliphatic carbocycles. The number of hydrogen-bond acceptors (Lipinski definition) is 2. The van der Waals surface area contributed by atoms with E-state index in [0.29, 0.717) is 10.5 Å². The molecule has 0 aromatic heterocycles. The fourth-order valence-electron chi connectivity index (χ4n) is 2.85. The molecule has 1 heterocycles. The second-order valence-electron chi connectivity index (χ2n) is 5.70. The van der Waals surface area contributed by atoms with Gasteiger partial charge in [-0.1, -0.05) is 6.07 Å². The van der Waals surface area contributed by atoms with E-state index in [0.717, 1.165) is 25.7 Å². The molecular formula is C15H20BrFN2. The standard InChI is InChI=1S/C15H20BrFN2/c16-14-8-11(3-6-15(14)17)9-19(13-4-5-13)10-12-2-1-7-18-12/h3,6,8,12-13,18H,1-2,4-5,7,9-10H2. The van der Waals surface area contributed by atoms with E-state index in [1.54, 1.807) is 6.07 Å². The molecule has 0 amide bonds. The van der Waals surface area contributed by atoms with Crippen LogP contribution < -0.4 is 5.32 Å². The highest BCUT2D eigenvalue weighted by Gasteiger charge is 2.31. The van der Waals surface area contributed by atoms with Gasteiger partial charge in [0, 0.05) is 25.2 Å². The van der Waals surface area contributed by atoms with Crippen LogP contribution in [0.15, 0.2) is 22.7 Å². The molecule has 1 N–H and O–H groups in total. The van der Waals surface area contributed by atoms with E-state index >= 15 is 0 Å². The smallest absolute Gasteiger partial charge is 0.137 e. The molecule has 1 atom stereocenters. The zero-order valence-electron chi connectivity index (χ0n) is 11.0. The predicted molar refractivity (Wildman–Crippen MR) is 78.6 cm³/mol.